The minimum atomic E-state index is -0.575. The van der Waals surface area contributed by atoms with Crippen molar-refractivity contribution < 1.29 is 18.8 Å². The highest BCUT2D eigenvalue weighted by molar-refractivity contribution is 5.94. The van der Waals surface area contributed by atoms with E-state index in [1.807, 2.05) is 30.3 Å². The van der Waals surface area contributed by atoms with Gasteiger partial charge in [-0.3, -0.25) is 9.59 Å². The molecule has 0 aliphatic carbocycles. The molecular formula is C18H22N4O4. The molecule has 3 rings (SSSR count). The number of ether oxygens (including phenoxy) is 1. The lowest BCUT2D eigenvalue weighted by molar-refractivity contribution is -0.156. The predicted octanol–water partition coefficient (Wildman–Crippen LogP) is 1.02. The third-order valence-corrected chi connectivity index (χ3v) is 4.34. The van der Waals surface area contributed by atoms with Crippen molar-refractivity contribution in [3.63, 3.8) is 0 Å². The largest absolute Gasteiger partial charge is 0.384 e. The molecule has 1 aromatic carbocycles. The Kier molecular flexibility index (Phi) is 5.62. The first-order valence-corrected chi connectivity index (χ1v) is 8.51. The van der Waals surface area contributed by atoms with E-state index >= 15 is 0 Å². The number of hydrogen-bond donors (Lipinski definition) is 0. The van der Waals surface area contributed by atoms with Gasteiger partial charge in [0, 0.05) is 20.1 Å². The van der Waals surface area contributed by atoms with Gasteiger partial charge >= 0.3 is 0 Å². The number of piperazine rings is 1. The number of carbonyl (C=O) groups is 2. The van der Waals surface area contributed by atoms with E-state index in [9.17, 15) is 9.59 Å². The highest BCUT2D eigenvalue weighted by Gasteiger charge is 2.37. The van der Waals surface area contributed by atoms with Gasteiger partial charge in [-0.25, -0.2) is 0 Å². The lowest BCUT2D eigenvalue weighted by Crippen LogP contribution is -2.58. The van der Waals surface area contributed by atoms with Crippen LogP contribution >= 0.6 is 0 Å². The van der Waals surface area contributed by atoms with Gasteiger partial charge in [0.2, 0.25) is 17.7 Å². The summed E-state index contributed by atoms with van der Waals surface area (Å²) in [5.74, 6) is 0.619. The smallest absolute Gasteiger partial charge is 0.246 e. The van der Waals surface area contributed by atoms with Crippen LogP contribution in [0.15, 0.2) is 34.9 Å². The maximum Gasteiger partial charge on any atom is 0.246 e. The van der Waals surface area contributed by atoms with Gasteiger partial charge < -0.3 is 19.1 Å². The molecule has 0 spiro atoms. The lowest BCUT2D eigenvalue weighted by atomic mass is 10.1. The summed E-state index contributed by atoms with van der Waals surface area (Å²) in [7, 11) is 1.60. The zero-order valence-electron chi connectivity index (χ0n) is 14.9. The minimum absolute atomic E-state index is 0.0444. The van der Waals surface area contributed by atoms with E-state index in [1.165, 1.54) is 4.90 Å². The molecule has 1 atom stereocenters. The van der Waals surface area contributed by atoms with Crippen LogP contribution in [-0.2, 0) is 33.8 Å². The number of aromatic nitrogens is 2. The highest BCUT2D eigenvalue weighted by Crippen LogP contribution is 2.18. The third kappa shape index (κ3) is 4.08. The molecule has 0 bridgehead atoms. The summed E-state index contributed by atoms with van der Waals surface area (Å²) in [6.45, 7) is 2.81. The molecule has 1 aliphatic rings. The molecule has 1 aliphatic heterocycles. The molecule has 1 fully saturated rings. The van der Waals surface area contributed by atoms with E-state index in [0.29, 0.717) is 31.3 Å². The van der Waals surface area contributed by atoms with Gasteiger partial charge in [-0.2, -0.15) is 4.98 Å². The van der Waals surface area contributed by atoms with Crippen LogP contribution in [0.2, 0.25) is 0 Å². The maximum absolute atomic E-state index is 12.7. The normalized spacial score (nSPS) is 17.8. The van der Waals surface area contributed by atoms with Crippen molar-refractivity contribution in [2.75, 3.05) is 20.3 Å². The number of rotatable bonds is 7. The van der Waals surface area contributed by atoms with E-state index in [0.717, 1.165) is 5.56 Å². The van der Waals surface area contributed by atoms with Crippen molar-refractivity contribution >= 4 is 11.8 Å². The fraction of sp³-hybridized carbons (Fsp3) is 0.444. The van der Waals surface area contributed by atoms with Crippen molar-refractivity contribution in [3.8, 4) is 0 Å². The average Bonchev–Trinajstić information content (AvgIpc) is 3.10. The van der Waals surface area contributed by atoms with Gasteiger partial charge in [0.15, 0.2) is 5.82 Å². The Morgan fingerprint density at radius 1 is 1.23 bits per heavy atom. The molecule has 2 heterocycles. The molecule has 138 valence electrons. The van der Waals surface area contributed by atoms with Gasteiger partial charge in [-0.15, -0.1) is 0 Å². The van der Waals surface area contributed by atoms with Crippen molar-refractivity contribution in [1.82, 2.24) is 19.9 Å². The Morgan fingerprint density at radius 2 is 2.00 bits per heavy atom. The van der Waals surface area contributed by atoms with Gasteiger partial charge in [-0.05, 0) is 12.5 Å². The van der Waals surface area contributed by atoms with Crippen LogP contribution < -0.4 is 0 Å². The van der Waals surface area contributed by atoms with Gasteiger partial charge in [0.05, 0.1) is 6.61 Å². The molecule has 0 N–H and O–H groups in total. The summed E-state index contributed by atoms with van der Waals surface area (Å²) < 4.78 is 10.2. The number of benzene rings is 1. The zero-order valence-corrected chi connectivity index (χ0v) is 14.9. The number of carbonyl (C=O) groups excluding carboxylic acids is 2. The number of amides is 2. The van der Waals surface area contributed by atoms with Crippen LogP contribution in [0.1, 0.15) is 24.2 Å². The summed E-state index contributed by atoms with van der Waals surface area (Å²) in [5.41, 5.74) is 0.994. The summed E-state index contributed by atoms with van der Waals surface area (Å²) in [5, 5.41) is 3.86. The van der Waals surface area contributed by atoms with Crippen LogP contribution in [0.5, 0.6) is 0 Å². The van der Waals surface area contributed by atoms with E-state index < -0.39 is 6.04 Å². The van der Waals surface area contributed by atoms with Crippen LogP contribution in [0.3, 0.4) is 0 Å². The summed E-state index contributed by atoms with van der Waals surface area (Å²) in [6, 6.07) is 9.05. The van der Waals surface area contributed by atoms with Gasteiger partial charge in [0.25, 0.3) is 0 Å². The van der Waals surface area contributed by atoms with Crippen LogP contribution in [0, 0.1) is 0 Å². The molecule has 1 aromatic heterocycles. The molecule has 2 amide bonds. The van der Waals surface area contributed by atoms with Crippen molar-refractivity contribution in [3.05, 3.63) is 47.6 Å². The Morgan fingerprint density at radius 3 is 2.73 bits per heavy atom. The van der Waals surface area contributed by atoms with Gasteiger partial charge in [0.1, 0.15) is 19.1 Å². The zero-order chi connectivity index (χ0) is 18.5. The van der Waals surface area contributed by atoms with E-state index in [-0.39, 0.29) is 24.9 Å². The molecule has 0 radical (unpaired) electrons. The monoisotopic (exact) mass is 358 g/mol. The van der Waals surface area contributed by atoms with Crippen molar-refractivity contribution in [1.29, 1.82) is 0 Å². The van der Waals surface area contributed by atoms with E-state index in [4.69, 9.17) is 9.26 Å². The first-order chi connectivity index (χ1) is 12.6. The second-order valence-corrected chi connectivity index (χ2v) is 6.22. The SMILES string of the molecule is COCCc1noc(CN2C(=O)CN(Cc3ccccc3)C(=O)[C@@H]2C)n1. The Labute approximate surface area is 151 Å². The standard InChI is InChI=1S/C18H22N4O4/c1-13-18(24)21(10-14-6-4-3-5-7-14)12-17(23)22(13)11-16-19-15(20-26-16)8-9-25-2/h3-7,13H,8-12H2,1-2H3/t13-/m0/s1. The second kappa shape index (κ2) is 8.09. The quantitative estimate of drug-likeness (QED) is 0.734. The third-order valence-electron chi connectivity index (χ3n) is 4.34. The summed E-state index contributed by atoms with van der Waals surface area (Å²) in [4.78, 5) is 32.5. The Hall–Kier alpha value is -2.74. The molecule has 0 saturated carbocycles. The average molecular weight is 358 g/mol. The minimum Gasteiger partial charge on any atom is -0.384 e. The molecule has 2 aromatic rings. The molecule has 1 saturated heterocycles. The predicted molar refractivity (Wildman–Crippen MR) is 91.7 cm³/mol. The number of methoxy groups -OCH3 is 1. The number of nitrogens with zero attached hydrogens (tertiary/aromatic N) is 4. The molecule has 8 heteroatoms. The van der Waals surface area contributed by atoms with E-state index in [2.05, 4.69) is 10.1 Å². The molecule has 0 unspecified atom stereocenters. The maximum atomic E-state index is 12.7. The molecule has 26 heavy (non-hydrogen) atoms. The Balaban J connectivity index is 1.64. The number of hydrogen-bond acceptors (Lipinski definition) is 6. The van der Waals surface area contributed by atoms with Crippen LogP contribution in [0.4, 0.5) is 0 Å². The fourth-order valence-corrected chi connectivity index (χ4v) is 2.90. The lowest BCUT2D eigenvalue weighted by Gasteiger charge is -2.38. The first-order valence-electron chi connectivity index (χ1n) is 8.51. The van der Waals surface area contributed by atoms with Crippen molar-refractivity contribution in [2.24, 2.45) is 0 Å². The second-order valence-electron chi connectivity index (χ2n) is 6.22. The topological polar surface area (TPSA) is 88.8 Å². The van der Waals surface area contributed by atoms with Crippen molar-refractivity contribution in [2.45, 2.75) is 32.5 Å². The van der Waals surface area contributed by atoms with E-state index in [1.54, 1.807) is 18.9 Å². The van der Waals surface area contributed by atoms with Crippen LogP contribution in [0.25, 0.3) is 0 Å². The highest BCUT2D eigenvalue weighted by atomic mass is 16.5. The molecule has 8 nitrogen and oxygen atoms in total. The summed E-state index contributed by atoms with van der Waals surface area (Å²) >= 11 is 0. The summed E-state index contributed by atoms with van der Waals surface area (Å²) in [6.07, 6.45) is 0.535. The first kappa shape index (κ1) is 18.1. The Bertz CT molecular complexity index is 762. The van der Waals surface area contributed by atoms with Gasteiger partial charge in [-0.1, -0.05) is 35.5 Å². The van der Waals surface area contributed by atoms with Crippen LogP contribution in [-0.4, -0.2) is 58.1 Å². The fourth-order valence-electron chi connectivity index (χ4n) is 2.90. The molecular weight excluding hydrogens is 336 g/mol.